The Morgan fingerprint density at radius 2 is 1.82 bits per heavy atom. The van der Waals surface area contributed by atoms with Gasteiger partial charge in [-0.1, -0.05) is 32.9 Å². The standard InChI is InChI=1S/C30H32O8/c1-6-19-15-23(31)21-10-11-24(35-16-18-8-7-9-20(14-18)34-5)22(25(21)37-19)17-36-27(33)30-13-12-29(4,26(32)38-30)28(30,2)3/h7-11,14-15H,6,12-13,16-17H2,1-5H3/t29-,30+/m0/s1. The van der Waals surface area contributed by atoms with E-state index >= 15 is 0 Å². The van der Waals surface area contributed by atoms with Gasteiger partial charge < -0.3 is 23.4 Å². The van der Waals surface area contributed by atoms with Crippen molar-refractivity contribution >= 4 is 22.9 Å². The number of benzene rings is 2. The van der Waals surface area contributed by atoms with Crippen LogP contribution < -0.4 is 14.9 Å². The number of ether oxygens (including phenoxy) is 4. The molecule has 2 aliphatic rings. The molecule has 0 spiro atoms. The number of methoxy groups -OCH3 is 1. The van der Waals surface area contributed by atoms with Crippen LogP contribution in [0.3, 0.4) is 0 Å². The first-order valence-electron chi connectivity index (χ1n) is 12.8. The number of hydrogen-bond acceptors (Lipinski definition) is 8. The number of carbonyl (C=O) groups is 2. The van der Waals surface area contributed by atoms with Gasteiger partial charge in [0.1, 0.15) is 36.1 Å². The van der Waals surface area contributed by atoms with E-state index in [9.17, 15) is 14.4 Å². The quantitative estimate of drug-likeness (QED) is 0.378. The van der Waals surface area contributed by atoms with Crippen molar-refractivity contribution in [2.24, 2.45) is 10.8 Å². The second-order valence-electron chi connectivity index (χ2n) is 10.7. The lowest BCUT2D eigenvalue weighted by Gasteiger charge is -2.34. The van der Waals surface area contributed by atoms with Crippen molar-refractivity contribution in [2.45, 2.75) is 65.8 Å². The highest BCUT2D eigenvalue weighted by Gasteiger charge is 2.76. The summed E-state index contributed by atoms with van der Waals surface area (Å²) in [6.45, 7) is 7.48. The molecule has 0 unspecified atom stereocenters. The molecule has 2 heterocycles. The van der Waals surface area contributed by atoms with Crippen molar-refractivity contribution in [3.8, 4) is 11.5 Å². The maximum Gasteiger partial charge on any atom is 0.351 e. The lowest BCUT2D eigenvalue weighted by Crippen LogP contribution is -2.48. The molecule has 0 amide bonds. The molecule has 2 bridgehead atoms. The zero-order chi connectivity index (χ0) is 27.3. The Bertz CT molecular complexity index is 1490. The third-order valence-corrected chi connectivity index (χ3v) is 8.65. The van der Waals surface area contributed by atoms with Gasteiger partial charge in [-0.25, -0.2) is 4.79 Å². The predicted octanol–water partition coefficient (Wildman–Crippen LogP) is 5.11. The van der Waals surface area contributed by atoms with Crippen molar-refractivity contribution in [1.29, 1.82) is 0 Å². The maximum atomic E-state index is 13.5. The van der Waals surface area contributed by atoms with Crippen LogP contribution in [0.15, 0.2) is 51.7 Å². The molecule has 3 aromatic rings. The van der Waals surface area contributed by atoms with E-state index in [2.05, 4.69) is 0 Å². The van der Waals surface area contributed by atoms with Crippen molar-refractivity contribution in [3.05, 3.63) is 69.6 Å². The van der Waals surface area contributed by atoms with Crippen LogP contribution in [0, 0.1) is 10.8 Å². The first kappa shape index (κ1) is 25.8. The molecule has 2 aromatic carbocycles. The van der Waals surface area contributed by atoms with E-state index in [0.717, 1.165) is 5.56 Å². The fourth-order valence-electron chi connectivity index (χ4n) is 5.63. The number of esters is 2. The first-order valence-corrected chi connectivity index (χ1v) is 12.8. The average molecular weight is 521 g/mol. The molecule has 0 N–H and O–H groups in total. The zero-order valence-electron chi connectivity index (χ0n) is 22.3. The summed E-state index contributed by atoms with van der Waals surface area (Å²) in [7, 11) is 1.60. The minimum Gasteiger partial charge on any atom is -0.497 e. The van der Waals surface area contributed by atoms with Gasteiger partial charge in [-0.3, -0.25) is 9.59 Å². The molecule has 200 valence electrons. The molecular weight excluding hydrogens is 488 g/mol. The summed E-state index contributed by atoms with van der Waals surface area (Å²) in [6, 6.07) is 12.3. The summed E-state index contributed by atoms with van der Waals surface area (Å²) in [6.07, 6.45) is 1.46. The van der Waals surface area contributed by atoms with Crippen LogP contribution in [0.4, 0.5) is 0 Å². The van der Waals surface area contributed by atoms with Crippen LogP contribution in [-0.2, 0) is 38.7 Å². The molecule has 1 aromatic heterocycles. The molecule has 0 radical (unpaired) electrons. The van der Waals surface area contributed by atoms with Crippen molar-refractivity contribution in [3.63, 3.8) is 0 Å². The first-order chi connectivity index (χ1) is 18.1. The van der Waals surface area contributed by atoms with Gasteiger partial charge in [0.05, 0.1) is 23.5 Å². The minimum absolute atomic E-state index is 0.189. The highest BCUT2D eigenvalue weighted by Crippen LogP contribution is 2.65. The van der Waals surface area contributed by atoms with Crippen molar-refractivity contribution in [1.82, 2.24) is 0 Å². The van der Waals surface area contributed by atoms with E-state index in [1.54, 1.807) is 19.2 Å². The summed E-state index contributed by atoms with van der Waals surface area (Å²) < 4.78 is 29.0. The van der Waals surface area contributed by atoms with Gasteiger partial charge in [-0.05, 0) is 49.6 Å². The lowest BCUT2D eigenvalue weighted by atomic mass is 9.66. The van der Waals surface area contributed by atoms with Crippen LogP contribution in [0.25, 0.3) is 11.0 Å². The molecule has 1 saturated carbocycles. The summed E-state index contributed by atoms with van der Waals surface area (Å²) in [4.78, 5) is 39.0. The number of aryl methyl sites for hydroxylation is 1. The van der Waals surface area contributed by atoms with E-state index in [1.807, 2.05) is 52.0 Å². The Morgan fingerprint density at radius 1 is 1.03 bits per heavy atom. The van der Waals surface area contributed by atoms with E-state index in [4.69, 9.17) is 23.4 Å². The molecular formula is C30H32O8. The van der Waals surface area contributed by atoms with E-state index < -0.39 is 22.4 Å². The van der Waals surface area contributed by atoms with Gasteiger partial charge in [0.15, 0.2) is 5.43 Å². The highest BCUT2D eigenvalue weighted by atomic mass is 16.6. The minimum atomic E-state index is -1.36. The van der Waals surface area contributed by atoms with Gasteiger partial charge in [0, 0.05) is 17.9 Å². The Hall–Kier alpha value is -3.81. The topological polar surface area (TPSA) is 101 Å². The fourth-order valence-corrected chi connectivity index (χ4v) is 5.63. The second kappa shape index (κ2) is 9.19. The number of carbonyl (C=O) groups excluding carboxylic acids is 2. The summed E-state index contributed by atoms with van der Waals surface area (Å²) in [5.41, 5.74) is -1.42. The molecule has 2 atom stereocenters. The third kappa shape index (κ3) is 3.77. The summed E-state index contributed by atoms with van der Waals surface area (Å²) in [5, 5.41) is 0.362. The third-order valence-electron chi connectivity index (χ3n) is 8.65. The largest absolute Gasteiger partial charge is 0.497 e. The van der Waals surface area contributed by atoms with Gasteiger partial charge in [0.25, 0.3) is 0 Å². The molecule has 38 heavy (non-hydrogen) atoms. The smallest absolute Gasteiger partial charge is 0.351 e. The SMILES string of the molecule is CCc1cc(=O)c2ccc(OCc3cccc(OC)c3)c(COC(=O)[C@@]34CC[C@@](C)(C(=O)O3)C4(C)C)c2o1. The van der Waals surface area contributed by atoms with E-state index in [0.29, 0.717) is 53.1 Å². The van der Waals surface area contributed by atoms with Crippen LogP contribution in [0.1, 0.15) is 57.4 Å². The normalized spacial score (nSPS) is 23.3. The van der Waals surface area contributed by atoms with Crippen molar-refractivity contribution < 1.29 is 33.0 Å². The predicted molar refractivity (Wildman–Crippen MR) is 139 cm³/mol. The Kier molecular flexibility index (Phi) is 6.24. The van der Waals surface area contributed by atoms with Gasteiger partial charge in [0.2, 0.25) is 5.60 Å². The van der Waals surface area contributed by atoms with Gasteiger partial charge in [-0.15, -0.1) is 0 Å². The van der Waals surface area contributed by atoms with Crippen LogP contribution >= 0.6 is 0 Å². The molecule has 2 fully saturated rings. The van der Waals surface area contributed by atoms with E-state index in [1.165, 1.54) is 6.07 Å². The van der Waals surface area contributed by atoms with Crippen LogP contribution in [0.2, 0.25) is 0 Å². The Balaban J connectivity index is 1.49. The van der Waals surface area contributed by atoms with Gasteiger partial charge >= 0.3 is 11.9 Å². The number of rotatable bonds is 8. The second-order valence-corrected chi connectivity index (χ2v) is 10.7. The van der Waals surface area contributed by atoms with Crippen molar-refractivity contribution in [2.75, 3.05) is 7.11 Å². The zero-order valence-corrected chi connectivity index (χ0v) is 22.3. The fraction of sp³-hybridized carbons (Fsp3) is 0.433. The van der Waals surface area contributed by atoms with Gasteiger partial charge in [-0.2, -0.15) is 0 Å². The molecule has 5 rings (SSSR count). The molecule has 8 nitrogen and oxygen atoms in total. The Morgan fingerprint density at radius 3 is 2.47 bits per heavy atom. The maximum absolute atomic E-state index is 13.5. The monoisotopic (exact) mass is 520 g/mol. The Labute approximate surface area is 220 Å². The average Bonchev–Trinajstić information content (AvgIpc) is 3.21. The lowest BCUT2D eigenvalue weighted by molar-refractivity contribution is -0.184. The molecule has 1 aliphatic heterocycles. The molecule has 1 saturated heterocycles. The summed E-state index contributed by atoms with van der Waals surface area (Å²) in [5.74, 6) is 0.643. The summed E-state index contributed by atoms with van der Waals surface area (Å²) >= 11 is 0. The van der Waals surface area contributed by atoms with Crippen LogP contribution in [-0.4, -0.2) is 24.6 Å². The number of fused-ring (bicyclic) bond motifs is 3. The number of hydrogen-bond donors (Lipinski definition) is 0. The highest BCUT2D eigenvalue weighted by molar-refractivity contribution is 5.93. The molecule has 1 aliphatic carbocycles. The van der Waals surface area contributed by atoms with E-state index in [-0.39, 0.29) is 24.6 Å². The van der Waals surface area contributed by atoms with Crippen LogP contribution in [0.5, 0.6) is 11.5 Å². The molecule has 8 heteroatoms.